The molecule has 1 aromatic rings. The van der Waals surface area contributed by atoms with Crippen molar-refractivity contribution in [3.63, 3.8) is 0 Å². The van der Waals surface area contributed by atoms with Crippen LogP contribution in [-0.4, -0.2) is 32.3 Å². The topological polar surface area (TPSA) is 50.7 Å². The van der Waals surface area contributed by atoms with Crippen LogP contribution in [0.5, 0.6) is 17.2 Å². The van der Waals surface area contributed by atoms with Crippen molar-refractivity contribution in [2.24, 2.45) is 0 Å². The molecule has 1 aromatic carbocycles. The second-order valence-electron chi connectivity index (χ2n) is 3.37. The lowest BCUT2D eigenvalue weighted by molar-refractivity contribution is 0.145. The molecule has 0 saturated carbocycles. The molecule has 0 aliphatic rings. The molecule has 0 unspecified atom stereocenters. The highest BCUT2D eigenvalue weighted by Crippen LogP contribution is 2.36. The van der Waals surface area contributed by atoms with Gasteiger partial charge in [-0.25, -0.2) is 8.78 Å². The Kier molecular flexibility index (Phi) is 4.96. The van der Waals surface area contributed by atoms with E-state index >= 15 is 0 Å². The second kappa shape index (κ2) is 6.24. The number of benzene rings is 1. The van der Waals surface area contributed by atoms with Crippen molar-refractivity contribution in [2.45, 2.75) is 13.0 Å². The van der Waals surface area contributed by atoms with Gasteiger partial charge in [-0.3, -0.25) is 0 Å². The number of alkyl halides is 2. The molecule has 96 valence electrons. The summed E-state index contributed by atoms with van der Waals surface area (Å²) in [5.74, 6) is 0.393. The van der Waals surface area contributed by atoms with Gasteiger partial charge < -0.3 is 19.9 Å². The number of hydrogen-bond acceptors (Lipinski definition) is 4. The second-order valence-corrected chi connectivity index (χ2v) is 3.37. The van der Waals surface area contributed by atoms with Gasteiger partial charge >= 0.3 is 0 Å². The van der Waals surface area contributed by atoms with Crippen molar-refractivity contribution >= 4 is 0 Å². The molecule has 2 N–H and O–H groups in total. The van der Waals surface area contributed by atoms with Crippen LogP contribution in [0.1, 0.15) is 5.56 Å². The smallest absolute Gasteiger partial charge is 0.250 e. The molecule has 0 atom stereocenters. The number of nitrogens with one attached hydrogen (secondary N) is 1. The average Bonchev–Trinajstić information content (AvgIpc) is 2.30. The van der Waals surface area contributed by atoms with Crippen LogP contribution in [-0.2, 0) is 6.54 Å². The first-order valence-corrected chi connectivity index (χ1v) is 5.01. The Morgan fingerprint density at radius 3 is 2.18 bits per heavy atom. The van der Waals surface area contributed by atoms with E-state index in [0.29, 0.717) is 5.56 Å². The van der Waals surface area contributed by atoms with E-state index in [9.17, 15) is 13.9 Å². The molecule has 0 aliphatic carbocycles. The first-order valence-electron chi connectivity index (χ1n) is 5.01. The summed E-state index contributed by atoms with van der Waals surface area (Å²) in [5.41, 5.74) is 0.692. The number of hydrogen-bond donors (Lipinski definition) is 2. The number of halogens is 2. The third-order valence-corrected chi connectivity index (χ3v) is 2.17. The lowest BCUT2D eigenvalue weighted by Crippen LogP contribution is -2.20. The molecule has 0 radical (unpaired) electrons. The first-order chi connectivity index (χ1) is 8.08. The molecule has 0 aliphatic heterocycles. The van der Waals surface area contributed by atoms with Gasteiger partial charge in [-0.2, -0.15) is 0 Å². The predicted molar refractivity (Wildman–Crippen MR) is 58.9 cm³/mol. The van der Waals surface area contributed by atoms with Gasteiger partial charge in [-0.15, -0.1) is 0 Å². The van der Waals surface area contributed by atoms with Gasteiger partial charge in [0.1, 0.15) is 0 Å². The van der Waals surface area contributed by atoms with Gasteiger partial charge in [0.15, 0.2) is 11.5 Å². The third kappa shape index (κ3) is 3.74. The molecule has 0 saturated heterocycles. The number of ether oxygens (including phenoxy) is 2. The molecule has 1 rings (SSSR count). The molecule has 4 nitrogen and oxygen atoms in total. The van der Waals surface area contributed by atoms with E-state index in [4.69, 9.17) is 9.47 Å². The molecule has 0 aromatic heterocycles. The molecular formula is C11H15F2NO3. The normalized spacial score (nSPS) is 10.6. The van der Waals surface area contributed by atoms with E-state index in [0.717, 1.165) is 0 Å². The minimum Gasteiger partial charge on any atom is -0.502 e. The quantitative estimate of drug-likeness (QED) is 0.804. The highest BCUT2D eigenvalue weighted by molar-refractivity contribution is 5.52. The molecule has 6 heteroatoms. The van der Waals surface area contributed by atoms with Crippen molar-refractivity contribution in [1.82, 2.24) is 5.32 Å². The number of aromatic hydroxyl groups is 1. The van der Waals surface area contributed by atoms with E-state index in [1.807, 2.05) is 0 Å². The zero-order chi connectivity index (χ0) is 12.8. The first kappa shape index (κ1) is 13.5. The highest BCUT2D eigenvalue weighted by atomic mass is 19.3. The van der Waals surface area contributed by atoms with E-state index < -0.39 is 6.43 Å². The van der Waals surface area contributed by atoms with Crippen LogP contribution in [0, 0.1) is 0 Å². The van der Waals surface area contributed by atoms with Crippen LogP contribution in [0.25, 0.3) is 0 Å². The van der Waals surface area contributed by atoms with Crippen LogP contribution in [0.3, 0.4) is 0 Å². The summed E-state index contributed by atoms with van der Waals surface area (Å²) in [4.78, 5) is 0. The molecular weight excluding hydrogens is 232 g/mol. The Labute approximate surface area is 98.2 Å². The minimum atomic E-state index is -2.39. The van der Waals surface area contributed by atoms with E-state index in [2.05, 4.69) is 5.32 Å². The van der Waals surface area contributed by atoms with E-state index in [-0.39, 0.29) is 30.3 Å². The summed E-state index contributed by atoms with van der Waals surface area (Å²) in [6.07, 6.45) is -2.39. The maximum Gasteiger partial charge on any atom is 0.250 e. The Balaban J connectivity index is 2.78. The van der Waals surface area contributed by atoms with E-state index in [1.165, 1.54) is 14.2 Å². The van der Waals surface area contributed by atoms with Gasteiger partial charge in [0.25, 0.3) is 6.43 Å². The summed E-state index contributed by atoms with van der Waals surface area (Å²) in [6.45, 7) is -0.136. The van der Waals surface area contributed by atoms with Gasteiger partial charge in [0.2, 0.25) is 5.75 Å². The highest BCUT2D eigenvalue weighted by Gasteiger charge is 2.11. The maximum atomic E-state index is 11.9. The zero-order valence-electron chi connectivity index (χ0n) is 9.67. The maximum absolute atomic E-state index is 11.9. The lowest BCUT2D eigenvalue weighted by atomic mass is 10.2. The van der Waals surface area contributed by atoms with Gasteiger partial charge in [-0.05, 0) is 17.7 Å². The fraction of sp³-hybridized carbons (Fsp3) is 0.455. The van der Waals surface area contributed by atoms with Crippen molar-refractivity contribution in [2.75, 3.05) is 20.8 Å². The monoisotopic (exact) mass is 247 g/mol. The molecule has 17 heavy (non-hydrogen) atoms. The number of methoxy groups -OCH3 is 2. The number of phenolic OH excluding ortho intramolecular Hbond substituents is 1. The van der Waals surface area contributed by atoms with Crippen LogP contribution >= 0.6 is 0 Å². The van der Waals surface area contributed by atoms with Crippen LogP contribution in [0.4, 0.5) is 8.78 Å². The summed E-state index contributed by atoms with van der Waals surface area (Å²) in [6, 6.07) is 3.13. The molecule has 0 heterocycles. The van der Waals surface area contributed by atoms with Gasteiger partial charge in [0.05, 0.1) is 20.8 Å². The van der Waals surface area contributed by atoms with Crippen molar-refractivity contribution in [3.8, 4) is 17.2 Å². The van der Waals surface area contributed by atoms with Crippen molar-refractivity contribution < 1.29 is 23.4 Å². The zero-order valence-corrected chi connectivity index (χ0v) is 9.67. The fourth-order valence-electron chi connectivity index (χ4n) is 1.38. The van der Waals surface area contributed by atoms with Crippen LogP contribution < -0.4 is 14.8 Å². The van der Waals surface area contributed by atoms with E-state index in [1.54, 1.807) is 12.1 Å². The van der Waals surface area contributed by atoms with Gasteiger partial charge in [-0.1, -0.05) is 0 Å². The largest absolute Gasteiger partial charge is 0.502 e. The minimum absolute atomic E-state index is 0.104. The molecule has 0 bridgehead atoms. The van der Waals surface area contributed by atoms with Crippen molar-refractivity contribution in [3.05, 3.63) is 17.7 Å². The summed E-state index contributed by atoms with van der Waals surface area (Å²) in [7, 11) is 2.82. The number of rotatable bonds is 6. The molecule has 0 amide bonds. The lowest BCUT2D eigenvalue weighted by Gasteiger charge is -2.11. The predicted octanol–water partition coefficient (Wildman–Crippen LogP) is 1.76. The standard InChI is InChI=1S/C11H15F2NO3/c1-16-8-3-7(5-14-6-10(12)13)4-9(17-2)11(8)15/h3-4,10,14-15H,5-6H2,1-2H3. The SMILES string of the molecule is COc1cc(CNCC(F)F)cc(OC)c1O. The number of phenols is 1. The van der Waals surface area contributed by atoms with Crippen LogP contribution in [0.15, 0.2) is 12.1 Å². The van der Waals surface area contributed by atoms with Gasteiger partial charge in [0, 0.05) is 6.54 Å². The Morgan fingerprint density at radius 2 is 1.76 bits per heavy atom. The molecule has 0 fully saturated rings. The summed E-state index contributed by atoms with van der Waals surface area (Å²) < 4.78 is 33.8. The fourth-order valence-corrected chi connectivity index (χ4v) is 1.38. The average molecular weight is 247 g/mol. The summed E-state index contributed by atoms with van der Waals surface area (Å²) in [5, 5.41) is 12.2. The Bertz CT molecular complexity index is 347. The molecule has 0 spiro atoms. The third-order valence-electron chi connectivity index (χ3n) is 2.17. The van der Waals surface area contributed by atoms with Crippen molar-refractivity contribution in [1.29, 1.82) is 0 Å². The Hall–Kier alpha value is -1.56. The summed E-state index contributed by atoms with van der Waals surface area (Å²) >= 11 is 0. The van der Waals surface area contributed by atoms with Crippen LogP contribution in [0.2, 0.25) is 0 Å². The Morgan fingerprint density at radius 1 is 1.24 bits per heavy atom.